The summed E-state index contributed by atoms with van der Waals surface area (Å²) in [6.45, 7) is 13.1. The molecular weight excluding hydrogens is 316 g/mol. The molecule has 0 radical (unpaired) electrons. The molecule has 0 aliphatic carbocycles. The van der Waals surface area contributed by atoms with Gasteiger partial charge in [-0.25, -0.2) is 4.79 Å². The molecule has 2 rings (SSSR count). The van der Waals surface area contributed by atoms with E-state index in [9.17, 15) is 4.79 Å². The molecule has 0 spiro atoms. The minimum absolute atomic E-state index is 0.116. The van der Waals surface area contributed by atoms with E-state index in [1.807, 2.05) is 13.8 Å². The Labute approximate surface area is 151 Å². The van der Waals surface area contributed by atoms with Gasteiger partial charge in [-0.2, -0.15) is 0 Å². The molecule has 0 bridgehead atoms. The zero-order chi connectivity index (χ0) is 18.8. The van der Waals surface area contributed by atoms with Crippen LogP contribution < -0.4 is 4.74 Å². The Kier molecular flexibility index (Phi) is 6.15. The van der Waals surface area contributed by atoms with Gasteiger partial charge in [0.1, 0.15) is 5.75 Å². The van der Waals surface area contributed by atoms with Crippen molar-refractivity contribution < 1.29 is 19.4 Å². The molecule has 1 aromatic rings. The quantitative estimate of drug-likeness (QED) is 0.774. The number of carboxylic acid groups (broad SMARTS) is 1. The third kappa shape index (κ3) is 4.55. The third-order valence-corrected chi connectivity index (χ3v) is 5.46. The van der Waals surface area contributed by atoms with Gasteiger partial charge >= 0.3 is 5.97 Å². The molecule has 0 fully saturated rings. The highest BCUT2D eigenvalue weighted by atomic mass is 16.5. The van der Waals surface area contributed by atoms with Crippen LogP contribution in [0.4, 0.5) is 0 Å². The fourth-order valence-corrected chi connectivity index (χ4v) is 3.77. The van der Waals surface area contributed by atoms with Crippen molar-refractivity contribution in [2.75, 3.05) is 6.61 Å². The Morgan fingerprint density at radius 3 is 2.48 bits per heavy atom. The number of rotatable bonds is 7. The second-order valence-corrected chi connectivity index (χ2v) is 8.05. The SMILES string of the molecule is Cc1c(C)c(OCC(=O)O)c(C)c2c1CC(C)(CCCC(C)C)OC2. The Morgan fingerprint density at radius 1 is 1.20 bits per heavy atom. The van der Waals surface area contributed by atoms with E-state index >= 15 is 0 Å². The number of fused-ring (bicyclic) bond motifs is 1. The standard InChI is InChI=1S/C21H32O4/c1-13(2)8-7-9-21(6)10-17-14(3)15(4)20(24-12-19(22)23)16(5)18(17)11-25-21/h13H,7-12H2,1-6H3,(H,22,23). The van der Waals surface area contributed by atoms with E-state index in [-0.39, 0.29) is 12.2 Å². The minimum atomic E-state index is -0.955. The first-order valence-electron chi connectivity index (χ1n) is 9.24. The zero-order valence-electron chi connectivity index (χ0n) is 16.5. The monoisotopic (exact) mass is 348 g/mol. The summed E-state index contributed by atoms with van der Waals surface area (Å²) in [6, 6.07) is 0. The largest absolute Gasteiger partial charge is 0.481 e. The molecule has 1 aliphatic rings. The minimum Gasteiger partial charge on any atom is -0.481 e. The molecule has 0 saturated heterocycles. The van der Waals surface area contributed by atoms with Gasteiger partial charge < -0.3 is 14.6 Å². The number of carboxylic acids is 1. The van der Waals surface area contributed by atoms with Crippen molar-refractivity contribution in [3.63, 3.8) is 0 Å². The van der Waals surface area contributed by atoms with Gasteiger partial charge in [-0.15, -0.1) is 0 Å². The highest BCUT2D eigenvalue weighted by Crippen LogP contribution is 2.40. The summed E-state index contributed by atoms with van der Waals surface area (Å²) in [7, 11) is 0. The Balaban J connectivity index is 2.26. The van der Waals surface area contributed by atoms with Gasteiger partial charge in [0.15, 0.2) is 6.61 Å². The normalized spacial score (nSPS) is 19.8. The van der Waals surface area contributed by atoms with Gasteiger partial charge in [0.2, 0.25) is 0 Å². The van der Waals surface area contributed by atoms with Gasteiger partial charge in [-0.05, 0) is 67.9 Å². The van der Waals surface area contributed by atoms with Crippen LogP contribution >= 0.6 is 0 Å². The maximum absolute atomic E-state index is 10.9. The van der Waals surface area contributed by atoms with E-state index in [0.717, 1.165) is 29.9 Å². The number of hydrogen-bond acceptors (Lipinski definition) is 3. The zero-order valence-corrected chi connectivity index (χ0v) is 16.5. The molecule has 4 heteroatoms. The fourth-order valence-electron chi connectivity index (χ4n) is 3.77. The van der Waals surface area contributed by atoms with Crippen LogP contribution in [0.15, 0.2) is 0 Å². The maximum Gasteiger partial charge on any atom is 0.341 e. The summed E-state index contributed by atoms with van der Waals surface area (Å²) in [6.07, 6.45) is 4.39. The molecular formula is C21H32O4. The van der Waals surface area contributed by atoms with Crippen LogP contribution in [0.25, 0.3) is 0 Å². The van der Waals surface area contributed by atoms with Gasteiger partial charge in [0.25, 0.3) is 0 Å². The lowest BCUT2D eigenvalue weighted by molar-refractivity contribution is -0.139. The summed E-state index contributed by atoms with van der Waals surface area (Å²) < 4.78 is 11.8. The molecule has 4 nitrogen and oxygen atoms in total. The van der Waals surface area contributed by atoms with Crippen LogP contribution in [-0.2, 0) is 22.6 Å². The lowest BCUT2D eigenvalue weighted by atomic mass is 9.81. The van der Waals surface area contributed by atoms with Crippen LogP contribution in [0.2, 0.25) is 0 Å². The third-order valence-electron chi connectivity index (χ3n) is 5.46. The van der Waals surface area contributed by atoms with E-state index in [1.54, 1.807) is 0 Å². The van der Waals surface area contributed by atoms with Crippen molar-refractivity contribution in [3.05, 3.63) is 27.8 Å². The lowest BCUT2D eigenvalue weighted by Crippen LogP contribution is -2.36. The first-order valence-corrected chi connectivity index (χ1v) is 9.24. The number of benzene rings is 1. The molecule has 0 saturated carbocycles. The number of hydrogen-bond donors (Lipinski definition) is 1. The molecule has 1 aromatic carbocycles. The lowest BCUT2D eigenvalue weighted by Gasteiger charge is -2.38. The van der Waals surface area contributed by atoms with Crippen LogP contribution in [0.1, 0.15) is 67.9 Å². The van der Waals surface area contributed by atoms with E-state index in [1.165, 1.54) is 29.5 Å². The van der Waals surface area contributed by atoms with Crippen LogP contribution in [0.5, 0.6) is 5.75 Å². The Bertz CT molecular complexity index is 648. The van der Waals surface area contributed by atoms with Crippen LogP contribution in [0.3, 0.4) is 0 Å². The summed E-state index contributed by atoms with van der Waals surface area (Å²) in [5.74, 6) is 0.466. The summed E-state index contributed by atoms with van der Waals surface area (Å²) in [4.78, 5) is 10.9. The van der Waals surface area contributed by atoms with Crippen molar-refractivity contribution in [2.24, 2.45) is 5.92 Å². The maximum atomic E-state index is 10.9. The topological polar surface area (TPSA) is 55.8 Å². The number of ether oxygens (including phenoxy) is 2. The highest BCUT2D eigenvalue weighted by molar-refractivity contribution is 5.69. The number of aliphatic carboxylic acids is 1. The smallest absolute Gasteiger partial charge is 0.341 e. The summed E-state index contributed by atoms with van der Waals surface area (Å²) >= 11 is 0. The van der Waals surface area contributed by atoms with E-state index in [0.29, 0.717) is 12.4 Å². The second-order valence-electron chi connectivity index (χ2n) is 8.05. The summed E-state index contributed by atoms with van der Waals surface area (Å²) in [5, 5.41) is 8.90. The molecule has 0 amide bonds. The average molecular weight is 348 g/mol. The van der Waals surface area contributed by atoms with E-state index in [4.69, 9.17) is 14.6 Å². The highest BCUT2D eigenvalue weighted by Gasteiger charge is 2.33. The molecule has 1 N–H and O–H groups in total. The fraction of sp³-hybridized carbons (Fsp3) is 0.667. The predicted octanol–water partition coefficient (Wildman–Crippen LogP) is 4.73. The predicted molar refractivity (Wildman–Crippen MR) is 99.4 cm³/mol. The van der Waals surface area contributed by atoms with Gasteiger partial charge in [0.05, 0.1) is 12.2 Å². The van der Waals surface area contributed by atoms with Gasteiger partial charge in [-0.1, -0.05) is 26.7 Å². The first-order chi connectivity index (χ1) is 11.6. The van der Waals surface area contributed by atoms with E-state index < -0.39 is 5.97 Å². The van der Waals surface area contributed by atoms with E-state index in [2.05, 4.69) is 27.7 Å². The molecule has 1 heterocycles. The van der Waals surface area contributed by atoms with Crippen molar-refractivity contribution in [1.82, 2.24) is 0 Å². The summed E-state index contributed by atoms with van der Waals surface area (Å²) in [5.41, 5.74) is 5.68. The molecule has 140 valence electrons. The molecule has 1 unspecified atom stereocenters. The number of carbonyl (C=O) groups is 1. The van der Waals surface area contributed by atoms with Crippen molar-refractivity contribution >= 4 is 5.97 Å². The van der Waals surface area contributed by atoms with Crippen molar-refractivity contribution in [1.29, 1.82) is 0 Å². The van der Waals surface area contributed by atoms with Crippen molar-refractivity contribution in [3.8, 4) is 5.75 Å². The molecule has 25 heavy (non-hydrogen) atoms. The van der Waals surface area contributed by atoms with Crippen LogP contribution in [-0.4, -0.2) is 23.3 Å². The molecule has 1 atom stereocenters. The molecule has 0 aromatic heterocycles. The van der Waals surface area contributed by atoms with Crippen LogP contribution in [0, 0.1) is 26.7 Å². The molecule has 1 aliphatic heterocycles. The average Bonchev–Trinajstić information content (AvgIpc) is 2.52. The first kappa shape index (κ1) is 19.8. The Hall–Kier alpha value is -1.55. The second kappa shape index (κ2) is 7.77. The van der Waals surface area contributed by atoms with Crippen molar-refractivity contribution in [2.45, 2.75) is 79.4 Å². The van der Waals surface area contributed by atoms with Gasteiger partial charge in [-0.3, -0.25) is 0 Å². The van der Waals surface area contributed by atoms with Gasteiger partial charge in [0, 0.05) is 6.42 Å². The Morgan fingerprint density at radius 2 is 1.88 bits per heavy atom.